The largest absolute Gasteiger partial charge is 0.508 e. The van der Waals surface area contributed by atoms with E-state index in [1.165, 1.54) is 11.1 Å². The molecular formula is C18H17NO2. The first-order valence-corrected chi connectivity index (χ1v) is 7.41. The fourth-order valence-electron chi connectivity index (χ4n) is 3.72. The Kier molecular flexibility index (Phi) is 2.74. The van der Waals surface area contributed by atoms with Crippen molar-refractivity contribution in [1.29, 1.82) is 0 Å². The third-order valence-electron chi connectivity index (χ3n) is 4.71. The molecule has 2 aromatic carbocycles. The van der Waals surface area contributed by atoms with Gasteiger partial charge in [0.1, 0.15) is 5.75 Å². The molecule has 0 radical (unpaired) electrons. The average Bonchev–Trinajstić information content (AvgIpc) is 2.88. The Hall–Kier alpha value is -2.29. The fraction of sp³-hybridized carbons (Fsp3) is 0.278. The van der Waals surface area contributed by atoms with E-state index < -0.39 is 0 Å². The molecule has 2 aliphatic heterocycles. The summed E-state index contributed by atoms with van der Waals surface area (Å²) < 4.78 is 0. The molecule has 0 unspecified atom stereocenters. The minimum atomic E-state index is 0.145. The molecule has 0 aliphatic carbocycles. The summed E-state index contributed by atoms with van der Waals surface area (Å²) in [6.07, 6.45) is 1.52. The van der Waals surface area contributed by atoms with E-state index in [1.54, 1.807) is 6.07 Å². The first-order valence-electron chi connectivity index (χ1n) is 7.41. The monoisotopic (exact) mass is 279 g/mol. The van der Waals surface area contributed by atoms with Crippen LogP contribution in [0.5, 0.6) is 5.75 Å². The summed E-state index contributed by atoms with van der Waals surface area (Å²) in [6.45, 7) is 0.712. The molecule has 1 N–H and O–H groups in total. The van der Waals surface area contributed by atoms with Gasteiger partial charge in [0.15, 0.2) is 0 Å². The van der Waals surface area contributed by atoms with Gasteiger partial charge in [-0.1, -0.05) is 36.4 Å². The lowest BCUT2D eigenvalue weighted by Gasteiger charge is -2.37. The highest BCUT2D eigenvalue weighted by Crippen LogP contribution is 2.45. The van der Waals surface area contributed by atoms with E-state index in [2.05, 4.69) is 12.1 Å². The molecule has 2 heterocycles. The number of aromatic hydroxyl groups is 1. The van der Waals surface area contributed by atoms with Crippen molar-refractivity contribution in [3.63, 3.8) is 0 Å². The van der Waals surface area contributed by atoms with Crippen molar-refractivity contribution in [3.8, 4) is 5.75 Å². The van der Waals surface area contributed by atoms with Gasteiger partial charge in [0, 0.05) is 18.9 Å². The molecule has 3 heteroatoms. The number of phenols is 1. The molecule has 21 heavy (non-hydrogen) atoms. The van der Waals surface area contributed by atoms with Crippen molar-refractivity contribution in [2.45, 2.75) is 24.8 Å². The first-order chi connectivity index (χ1) is 10.2. The van der Waals surface area contributed by atoms with Crippen LogP contribution < -0.4 is 0 Å². The number of phenolic OH excluding ortho intramolecular Hbond substituents is 1. The predicted octanol–water partition coefficient (Wildman–Crippen LogP) is 3.20. The van der Waals surface area contributed by atoms with Gasteiger partial charge in [-0.05, 0) is 35.2 Å². The molecule has 106 valence electrons. The van der Waals surface area contributed by atoms with Gasteiger partial charge in [-0.3, -0.25) is 4.79 Å². The van der Waals surface area contributed by atoms with Crippen LogP contribution in [0.3, 0.4) is 0 Å². The van der Waals surface area contributed by atoms with Crippen molar-refractivity contribution in [1.82, 2.24) is 4.90 Å². The molecule has 2 aliphatic rings. The van der Waals surface area contributed by atoms with Gasteiger partial charge >= 0.3 is 0 Å². The minimum Gasteiger partial charge on any atom is -0.508 e. The van der Waals surface area contributed by atoms with Gasteiger partial charge in [-0.2, -0.15) is 0 Å². The van der Waals surface area contributed by atoms with Gasteiger partial charge in [-0.15, -0.1) is 0 Å². The Morgan fingerprint density at radius 1 is 1.05 bits per heavy atom. The molecule has 0 aromatic heterocycles. The van der Waals surface area contributed by atoms with Gasteiger partial charge in [0.05, 0.1) is 6.04 Å². The highest BCUT2D eigenvalue weighted by molar-refractivity contribution is 5.80. The van der Waals surface area contributed by atoms with Crippen LogP contribution in [0.4, 0.5) is 0 Å². The number of rotatable bonds is 1. The summed E-state index contributed by atoms with van der Waals surface area (Å²) in [5, 5.41) is 9.86. The summed E-state index contributed by atoms with van der Waals surface area (Å²) in [7, 11) is 0. The maximum absolute atomic E-state index is 12.1. The molecule has 1 saturated heterocycles. The van der Waals surface area contributed by atoms with Crippen molar-refractivity contribution in [2.75, 3.05) is 6.54 Å². The van der Waals surface area contributed by atoms with E-state index in [0.717, 1.165) is 12.0 Å². The number of carbonyl (C=O) groups is 1. The second-order valence-electron chi connectivity index (χ2n) is 5.88. The lowest BCUT2D eigenvalue weighted by Crippen LogP contribution is -2.37. The second kappa shape index (κ2) is 4.62. The normalized spacial score (nSPS) is 23.8. The Morgan fingerprint density at radius 3 is 2.67 bits per heavy atom. The molecule has 3 nitrogen and oxygen atoms in total. The molecule has 4 rings (SSSR count). The number of fused-ring (bicyclic) bond motifs is 3. The maximum atomic E-state index is 12.1. The van der Waals surface area contributed by atoms with Gasteiger partial charge < -0.3 is 10.0 Å². The predicted molar refractivity (Wildman–Crippen MR) is 80.1 cm³/mol. The van der Waals surface area contributed by atoms with E-state index in [0.29, 0.717) is 18.7 Å². The van der Waals surface area contributed by atoms with Crippen LogP contribution in [0.15, 0.2) is 48.5 Å². The van der Waals surface area contributed by atoms with Crippen molar-refractivity contribution < 1.29 is 9.90 Å². The van der Waals surface area contributed by atoms with Crippen LogP contribution in [0, 0.1) is 0 Å². The third kappa shape index (κ3) is 1.92. The van der Waals surface area contributed by atoms with Crippen molar-refractivity contribution >= 4 is 5.91 Å². The van der Waals surface area contributed by atoms with Crippen molar-refractivity contribution in [3.05, 3.63) is 65.2 Å². The molecular weight excluding hydrogens is 262 g/mol. The van der Waals surface area contributed by atoms with E-state index in [4.69, 9.17) is 0 Å². The van der Waals surface area contributed by atoms with Crippen molar-refractivity contribution in [2.24, 2.45) is 0 Å². The van der Waals surface area contributed by atoms with E-state index in [9.17, 15) is 9.90 Å². The van der Waals surface area contributed by atoms with Gasteiger partial charge in [-0.25, -0.2) is 0 Å². The Labute approximate surface area is 123 Å². The van der Waals surface area contributed by atoms with E-state index in [1.807, 2.05) is 35.2 Å². The molecule has 2 atom stereocenters. The summed E-state index contributed by atoms with van der Waals surface area (Å²) in [6, 6.07) is 16.0. The Bertz CT molecular complexity index is 696. The maximum Gasteiger partial charge on any atom is 0.223 e. The van der Waals surface area contributed by atoms with E-state index in [-0.39, 0.29) is 17.9 Å². The summed E-state index contributed by atoms with van der Waals surface area (Å²) in [5.74, 6) is 0.693. The number of amides is 1. The SMILES string of the molecule is O=C1CC[C@@H]2c3ccc(O)cc3[C@H](c3ccccc3)CN12. The Morgan fingerprint density at radius 2 is 1.86 bits per heavy atom. The van der Waals surface area contributed by atoms with Crippen LogP contribution >= 0.6 is 0 Å². The molecule has 1 fully saturated rings. The highest BCUT2D eigenvalue weighted by Gasteiger charge is 2.40. The van der Waals surface area contributed by atoms with Gasteiger partial charge in [0.2, 0.25) is 5.91 Å². The molecule has 1 amide bonds. The number of carbonyl (C=O) groups excluding carboxylic acids is 1. The lowest BCUT2D eigenvalue weighted by atomic mass is 9.81. The highest BCUT2D eigenvalue weighted by atomic mass is 16.3. The lowest BCUT2D eigenvalue weighted by molar-refractivity contribution is -0.129. The van der Waals surface area contributed by atoms with Crippen LogP contribution in [0.1, 0.15) is 41.5 Å². The number of hydrogen-bond acceptors (Lipinski definition) is 2. The average molecular weight is 279 g/mol. The van der Waals surface area contributed by atoms with E-state index >= 15 is 0 Å². The first kappa shape index (κ1) is 12.5. The molecule has 0 spiro atoms. The third-order valence-corrected chi connectivity index (χ3v) is 4.71. The topological polar surface area (TPSA) is 40.5 Å². The van der Waals surface area contributed by atoms with Crippen LogP contribution in [-0.4, -0.2) is 22.5 Å². The van der Waals surface area contributed by atoms with Crippen LogP contribution in [0.25, 0.3) is 0 Å². The summed E-state index contributed by atoms with van der Waals surface area (Å²) in [5.41, 5.74) is 3.55. The molecule has 0 saturated carbocycles. The molecule has 2 aromatic rings. The second-order valence-corrected chi connectivity index (χ2v) is 5.88. The number of hydrogen-bond donors (Lipinski definition) is 1. The molecule has 0 bridgehead atoms. The minimum absolute atomic E-state index is 0.145. The Balaban J connectivity index is 1.87. The number of nitrogens with zero attached hydrogens (tertiary/aromatic N) is 1. The van der Waals surface area contributed by atoms with Crippen LogP contribution in [-0.2, 0) is 4.79 Å². The standard InChI is InChI=1S/C18H17NO2/c20-13-6-7-14-15(10-13)16(12-4-2-1-3-5-12)11-19-17(14)8-9-18(19)21/h1-7,10,16-17,20H,8-9,11H2/t16-,17+/m0/s1. The van der Waals surface area contributed by atoms with Crippen LogP contribution in [0.2, 0.25) is 0 Å². The zero-order valence-corrected chi connectivity index (χ0v) is 11.7. The zero-order valence-electron chi connectivity index (χ0n) is 11.7. The number of benzene rings is 2. The summed E-state index contributed by atoms with van der Waals surface area (Å²) >= 11 is 0. The summed E-state index contributed by atoms with van der Waals surface area (Å²) in [4.78, 5) is 14.1. The van der Waals surface area contributed by atoms with Gasteiger partial charge in [0.25, 0.3) is 0 Å². The zero-order chi connectivity index (χ0) is 14.4. The quantitative estimate of drug-likeness (QED) is 0.871. The fourth-order valence-corrected chi connectivity index (χ4v) is 3.72. The smallest absolute Gasteiger partial charge is 0.223 e.